The summed E-state index contributed by atoms with van der Waals surface area (Å²) in [4.78, 5) is 29.6. The number of carbonyl (C=O) groups excluding carboxylic acids is 2. The summed E-state index contributed by atoms with van der Waals surface area (Å²) < 4.78 is 0. The van der Waals surface area contributed by atoms with Gasteiger partial charge < -0.3 is 15.5 Å². The number of hydrogen-bond acceptors (Lipinski definition) is 3. The average Bonchev–Trinajstić information content (AvgIpc) is 2.60. The van der Waals surface area contributed by atoms with E-state index in [0.717, 1.165) is 11.3 Å². The average molecular weight is 340 g/mol. The molecule has 0 aliphatic carbocycles. The standard InChI is InChI=1S/C19H24N4O2/c1-13(16-8-7-9-17(12-16)22-15(3)24)21-19(25)23(4)14(2)18-10-5-6-11-20-18/h5-14H,1-4H3,(H,21,25)(H,22,24)/t13-,14-/m0/s1. The highest BCUT2D eigenvalue weighted by molar-refractivity contribution is 5.88. The van der Waals surface area contributed by atoms with Crippen LogP contribution in [0.5, 0.6) is 0 Å². The number of rotatable bonds is 5. The summed E-state index contributed by atoms with van der Waals surface area (Å²) >= 11 is 0. The normalized spacial score (nSPS) is 12.8. The molecule has 2 N–H and O–H groups in total. The van der Waals surface area contributed by atoms with Crippen molar-refractivity contribution in [2.24, 2.45) is 0 Å². The number of hydrogen-bond donors (Lipinski definition) is 2. The van der Waals surface area contributed by atoms with Gasteiger partial charge in [0, 0.05) is 25.9 Å². The van der Waals surface area contributed by atoms with E-state index in [-0.39, 0.29) is 24.0 Å². The van der Waals surface area contributed by atoms with Crippen LogP contribution in [-0.2, 0) is 4.79 Å². The third kappa shape index (κ3) is 5.04. The smallest absolute Gasteiger partial charge is 0.318 e. The Balaban J connectivity index is 2.03. The fraction of sp³-hybridized carbons (Fsp3) is 0.316. The molecule has 2 aromatic rings. The molecule has 2 atom stereocenters. The second-order valence-electron chi connectivity index (χ2n) is 6.02. The topological polar surface area (TPSA) is 74.3 Å². The van der Waals surface area contributed by atoms with Crippen molar-refractivity contribution in [3.63, 3.8) is 0 Å². The molecule has 25 heavy (non-hydrogen) atoms. The minimum Gasteiger partial charge on any atom is -0.331 e. The Bertz CT molecular complexity index is 733. The van der Waals surface area contributed by atoms with Gasteiger partial charge in [-0.2, -0.15) is 0 Å². The van der Waals surface area contributed by atoms with Crippen LogP contribution < -0.4 is 10.6 Å². The monoisotopic (exact) mass is 340 g/mol. The number of pyridine rings is 1. The minimum absolute atomic E-state index is 0.127. The molecule has 0 aliphatic rings. The predicted octanol–water partition coefficient (Wildman–Crippen LogP) is 3.50. The number of anilines is 1. The van der Waals surface area contributed by atoms with Crippen molar-refractivity contribution in [3.05, 3.63) is 59.9 Å². The van der Waals surface area contributed by atoms with Crippen LogP contribution >= 0.6 is 0 Å². The summed E-state index contributed by atoms with van der Waals surface area (Å²) in [5.41, 5.74) is 2.46. The van der Waals surface area contributed by atoms with E-state index >= 15 is 0 Å². The van der Waals surface area contributed by atoms with E-state index in [2.05, 4.69) is 15.6 Å². The number of nitrogens with zero attached hydrogens (tertiary/aromatic N) is 2. The van der Waals surface area contributed by atoms with Crippen molar-refractivity contribution in [3.8, 4) is 0 Å². The molecule has 0 radical (unpaired) electrons. The Hall–Kier alpha value is -2.89. The highest BCUT2D eigenvalue weighted by atomic mass is 16.2. The van der Waals surface area contributed by atoms with Gasteiger partial charge >= 0.3 is 6.03 Å². The lowest BCUT2D eigenvalue weighted by Crippen LogP contribution is -2.40. The van der Waals surface area contributed by atoms with Crippen molar-refractivity contribution in [2.45, 2.75) is 32.9 Å². The van der Waals surface area contributed by atoms with E-state index in [1.54, 1.807) is 18.1 Å². The third-order valence-corrected chi connectivity index (χ3v) is 4.06. The molecule has 0 fully saturated rings. The zero-order chi connectivity index (χ0) is 18.4. The molecule has 0 unspecified atom stereocenters. The molecule has 132 valence electrons. The zero-order valence-electron chi connectivity index (χ0n) is 15.0. The number of aromatic nitrogens is 1. The van der Waals surface area contributed by atoms with E-state index in [9.17, 15) is 9.59 Å². The van der Waals surface area contributed by atoms with Gasteiger partial charge in [-0.15, -0.1) is 0 Å². The molecule has 0 spiro atoms. The Labute approximate surface area is 148 Å². The molecule has 6 nitrogen and oxygen atoms in total. The first-order valence-electron chi connectivity index (χ1n) is 8.20. The van der Waals surface area contributed by atoms with Crippen LogP contribution in [0.4, 0.5) is 10.5 Å². The molecule has 1 aromatic carbocycles. The van der Waals surface area contributed by atoms with Gasteiger partial charge in [0.15, 0.2) is 0 Å². The molecule has 0 saturated carbocycles. The van der Waals surface area contributed by atoms with E-state index in [0.29, 0.717) is 5.69 Å². The van der Waals surface area contributed by atoms with Crippen molar-refractivity contribution >= 4 is 17.6 Å². The maximum atomic E-state index is 12.5. The van der Waals surface area contributed by atoms with Crippen LogP contribution in [-0.4, -0.2) is 28.9 Å². The molecule has 2 rings (SSSR count). The maximum Gasteiger partial charge on any atom is 0.318 e. The molecule has 1 aromatic heterocycles. The van der Waals surface area contributed by atoms with Gasteiger partial charge in [0.25, 0.3) is 0 Å². The van der Waals surface area contributed by atoms with Crippen LogP contribution in [0, 0.1) is 0 Å². The minimum atomic E-state index is -0.195. The van der Waals surface area contributed by atoms with Crippen LogP contribution in [0.3, 0.4) is 0 Å². The predicted molar refractivity (Wildman–Crippen MR) is 98.1 cm³/mol. The zero-order valence-corrected chi connectivity index (χ0v) is 15.0. The number of urea groups is 1. The number of benzene rings is 1. The van der Waals surface area contributed by atoms with Gasteiger partial charge in [-0.1, -0.05) is 18.2 Å². The van der Waals surface area contributed by atoms with E-state index in [4.69, 9.17) is 0 Å². The number of carbonyl (C=O) groups is 2. The molecule has 0 saturated heterocycles. The van der Waals surface area contributed by atoms with Crippen molar-refractivity contribution < 1.29 is 9.59 Å². The van der Waals surface area contributed by atoms with Gasteiger partial charge in [-0.25, -0.2) is 4.79 Å². The summed E-state index contributed by atoms with van der Waals surface area (Å²) in [7, 11) is 1.75. The summed E-state index contributed by atoms with van der Waals surface area (Å²) in [5, 5.41) is 5.72. The maximum absolute atomic E-state index is 12.5. The van der Waals surface area contributed by atoms with Gasteiger partial charge in [-0.05, 0) is 43.7 Å². The number of nitrogens with one attached hydrogen (secondary N) is 2. The van der Waals surface area contributed by atoms with Crippen molar-refractivity contribution in [1.29, 1.82) is 0 Å². The van der Waals surface area contributed by atoms with E-state index in [1.165, 1.54) is 6.92 Å². The second kappa shape index (κ2) is 8.28. The lowest BCUT2D eigenvalue weighted by molar-refractivity contribution is -0.114. The Morgan fingerprint density at radius 2 is 1.88 bits per heavy atom. The summed E-state index contributed by atoms with van der Waals surface area (Å²) in [5.74, 6) is -0.127. The Morgan fingerprint density at radius 3 is 2.52 bits per heavy atom. The van der Waals surface area contributed by atoms with Gasteiger partial charge in [-0.3, -0.25) is 9.78 Å². The fourth-order valence-corrected chi connectivity index (χ4v) is 2.46. The molecule has 3 amide bonds. The molecule has 1 heterocycles. The van der Waals surface area contributed by atoms with Crippen molar-refractivity contribution in [2.75, 3.05) is 12.4 Å². The summed E-state index contributed by atoms with van der Waals surface area (Å²) in [6.45, 7) is 5.31. The van der Waals surface area contributed by atoms with Gasteiger partial charge in [0.1, 0.15) is 0 Å². The first kappa shape index (κ1) is 18.4. The first-order chi connectivity index (χ1) is 11.9. The summed E-state index contributed by atoms with van der Waals surface area (Å²) in [6.07, 6.45) is 1.72. The highest BCUT2D eigenvalue weighted by Gasteiger charge is 2.20. The van der Waals surface area contributed by atoms with Gasteiger partial charge in [0.2, 0.25) is 5.91 Å². The molecule has 6 heteroatoms. The van der Waals surface area contributed by atoms with Crippen LogP contribution in [0.2, 0.25) is 0 Å². The quantitative estimate of drug-likeness (QED) is 0.875. The largest absolute Gasteiger partial charge is 0.331 e. The Kier molecular flexibility index (Phi) is 6.11. The molecular formula is C19H24N4O2. The number of amides is 3. The lowest BCUT2D eigenvalue weighted by Gasteiger charge is -2.27. The van der Waals surface area contributed by atoms with Crippen LogP contribution in [0.15, 0.2) is 48.7 Å². The lowest BCUT2D eigenvalue weighted by atomic mass is 10.1. The fourth-order valence-electron chi connectivity index (χ4n) is 2.46. The van der Waals surface area contributed by atoms with E-state index < -0.39 is 0 Å². The van der Waals surface area contributed by atoms with Crippen LogP contribution in [0.25, 0.3) is 0 Å². The molecule has 0 bridgehead atoms. The van der Waals surface area contributed by atoms with Gasteiger partial charge in [0.05, 0.1) is 17.8 Å². The van der Waals surface area contributed by atoms with Crippen molar-refractivity contribution in [1.82, 2.24) is 15.2 Å². The second-order valence-corrected chi connectivity index (χ2v) is 6.02. The molecular weight excluding hydrogens is 316 g/mol. The molecule has 0 aliphatic heterocycles. The highest BCUT2D eigenvalue weighted by Crippen LogP contribution is 2.20. The summed E-state index contributed by atoms with van der Waals surface area (Å²) in [6, 6.07) is 12.6. The van der Waals surface area contributed by atoms with E-state index in [1.807, 2.05) is 56.3 Å². The SMILES string of the molecule is CC(=O)Nc1cccc([C@H](C)NC(=O)N(C)[C@@H](C)c2ccccn2)c1. The van der Waals surface area contributed by atoms with Crippen LogP contribution in [0.1, 0.15) is 44.1 Å². The first-order valence-corrected chi connectivity index (χ1v) is 8.20. The Morgan fingerprint density at radius 1 is 1.12 bits per heavy atom. The third-order valence-electron chi connectivity index (χ3n) is 4.06.